The lowest BCUT2D eigenvalue weighted by atomic mass is 9.95. The summed E-state index contributed by atoms with van der Waals surface area (Å²) in [6.45, 7) is 9.45. The van der Waals surface area contributed by atoms with E-state index in [0.29, 0.717) is 13.0 Å². The highest BCUT2D eigenvalue weighted by Crippen LogP contribution is 2.13. The Morgan fingerprint density at radius 2 is 1.67 bits per heavy atom. The van der Waals surface area contributed by atoms with Gasteiger partial charge in [0.1, 0.15) is 6.04 Å². The van der Waals surface area contributed by atoms with E-state index in [2.05, 4.69) is 10.6 Å². The molecule has 0 aromatic carbocycles. The molecule has 2 atom stereocenters. The molecular weight excluding hydrogens is 272 g/mol. The lowest BCUT2D eigenvalue weighted by Gasteiger charge is -2.21. The standard InChI is InChI=1S/C15H28N2O4/c1-10(6-7-12(18)19)8-9-16-13(20)11(2)17-14(21)15(3,4)5/h10-11H,6-9H2,1-5H3,(H,16,20)(H,17,21)(H,18,19). The minimum absolute atomic E-state index is 0.146. The fourth-order valence-electron chi connectivity index (χ4n) is 1.59. The van der Waals surface area contributed by atoms with Crippen LogP contribution >= 0.6 is 0 Å². The number of carboxylic acid groups (broad SMARTS) is 1. The topological polar surface area (TPSA) is 95.5 Å². The summed E-state index contributed by atoms with van der Waals surface area (Å²) >= 11 is 0. The molecule has 0 radical (unpaired) electrons. The van der Waals surface area contributed by atoms with Gasteiger partial charge in [-0.25, -0.2) is 0 Å². The van der Waals surface area contributed by atoms with Crippen molar-refractivity contribution in [3.63, 3.8) is 0 Å². The van der Waals surface area contributed by atoms with E-state index >= 15 is 0 Å². The highest BCUT2D eigenvalue weighted by atomic mass is 16.4. The maximum atomic E-state index is 11.8. The highest BCUT2D eigenvalue weighted by Gasteiger charge is 2.24. The third-order valence-electron chi connectivity index (χ3n) is 3.21. The van der Waals surface area contributed by atoms with Crippen LogP contribution in [-0.2, 0) is 14.4 Å². The van der Waals surface area contributed by atoms with Gasteiger partial charge in [0.15, 0.2) is 0 Å². The Kier molecular flexibility index (Phi) is 7.99. The summed E-state index contributed by atoms with van der Waals surface area (Å²) in [6, 6.07) is -0.578. The Labute approximate surface area is 126 Å². The second-order valence-corrected chi connectivity index (χ2v) is 6.56. The Morgan fingerprint density at radius 1 is 1.10 bits per heavy atom. The Morgan fingerprint density at radius 3 is 2.14 bits per heavy atom. The van der Waals surface area contributed by atoms with E-state index < -0.39 is 17.4 Å². The van der Waals surface area contributed by atoms with Crippen molar-refractivity contribution in [2.75, 3.05) is 6.54 Å². The monoisotopic (exact) mass is 300 g/mol. The van der Waals surface area contributed by atoms with Gasteiger partial charge in [-0.15, -0.1) is 0 Å². The zero-order chi connectivity index (χ0) is 16.6. The fraction of sp³-hybridized carbons (Fsp3) is 0.800. The van der Waals surface area contributed by atoms with Crippen molar-refractivity contribution in [2.45, 2.75) is 59.9 Å². The zero-order valence-electron chi connectivity index (χ0n) is 13.7. The molecule has 2 unspecified atom stereocenters. The summed E-state index contributed by atoms with van der Waals surface area (Å²) in [4.78, 5) is 34.0. The van der Waals surface area contributed by atoms with E-state index in [9.17, 15) is 14.4 Å². The van der Waals surface area contributed by atoms with Crippen LogP contribution in [0.15, 0.2) is 0 Å². The van der Waals surface area contributed by atoms with Crippen LogP contribution in [-0.4, -0.2) is 35.5 Å². The van der Waals surface area contributed by atoms with Crippen molar-refractivity contribution in [1.82, 2.24) is 10.6 Å². The number of hydrogen-bond donors (Lipinski definition) is 3. The predicted octanol–water partition coefficient (Wildman–Crippen LogP) is 1.54. The molecule has 0 aliphatic rings. The molecule has 21 heavy (non-hydrogen) atoms. The van der Waals surface area contributed by atoms with Gasteiger partial charge in [0.05, 0.1) is 0 Å². The van der Waals surface area contributed by atoms with Gasteiger partial charge in [-0.3, -0.25) is 14.4 Å². The van der Waals surface area contributed by atoms with Gasteiger partial charge in [-0.05, 0) is 25.7 Å². The van der Waals surface area contributed by atoms with Crippen LogP contribution in [0.1, 0.15) is 53.9 Å². The summed E-state index contributed by atoms with van der Waals surface area (Å²) in [6.07, 6.45) is 1.47. The smallest absolute Gasteiger partial charge is 0.303 e. The number of hydrogen-bond acceptors (Lipinski definition) is 3. The molecule has 6 nitrogen and oxygen atoms in total. The normalized spacial score (nSPS) is 14.1. The Hall–Kier alpha value is -1.59. The maximum absolute atomic E-state index is 11.8. The molecule has 3 N–H and O–H groups in total. The molecule has 122 valence electrons. The van der Waals surface area contributed by atoms with Crippen LogP contribution in [0, 0.1) is 11.3 Å². The summed E-state index contributed by atoms with van der Waals surface area (Å²) in [5, 5.41) is 14.0. The average Bonchev–Trinajstić information content (AvgIpc) is 2.34. The number of amides is 2. The van der Waals surface area contributed by atoms with Crippen molar-refractivity contribution in [1.29, 1.82) is 0 Å². The van der Waals surface area contributed by atoms with E-state index in [1.54, 1.807) is 27.7 Å². The largest absolute Gasteiger partial charge is 0.481 e. The quantitative estimate of drug-likeness (QED) is 0.633. The van der Waals surface area contributed by atoms with E-state index in [4.69, 9.17) is 5.11 Å². The number of carbonyl (C=O) groups is 3. The number of aliphatic carboxylic acids is 1. The first-order chi connectivity index (χ1) is 9.54. The van der Waals surface area contributed by atoms with Crippen LogP contribution < -0.4 is 10.6 Å². The molecule has 0 aliphatic heterocycles. The summed E-state index contributed by atoms with van der Waals surface area (Å²) in [5.41, 5.74) is -0.528. The van der Waals surface area contributed by atoms with Crippen molar-refractivity contribution in [2.24, 2.45) is 11.3 Å². The molecule has 0 rings (SSSR count). The number of carboxylic acids is 1. The van der Waals surface area contributed by atoms with Crippen molar-refractivity contribution < 1.29 is 19.5 Å². The third-order valence-corrected chi connectivity index (χ3v) is 3.21. The Balaban J connectivity index is 3.98. The van der Waals surface area contributed by atoms with Gasteiger partial charge >= 0.3 is 5.97 Å². The van der Waals surface area contributed by atoms with E-state index in [1.165, 1.54) is 0 Å². The second-order valence-electron chi connectivity index (χ2n) is 6.56. The van der Waals surface area contributed by atoms with Gasteiger partial charge in [-0.1, -0.05) is 27.7 Å². The van der Waals surface area contributed by atoms with E-state index in [-0.39, 0.29) is 24.2 Å². The van der Waals surface area contributed by atoms with Gasteiger partial charge in [0.2, 0.25) is 11.8 Å². The SMILES string of the molecule is CC(CCNC(=O)C(C)NC(=O)C(C)(C)C)CCC(=O)O. The molecule has 0 heterocycles. The summed E-state index contributed by atoms with van der Waals surface area (Å²) in [7, 11) is 0. The molecule has 0 aromatic rings. The number of rotatable bonds is 8. The lowest BCUT2D eigenvalue weighted by Crippen LogP contribution is -2.48. The molecule has 0 saturated heterocycles. The Bertz CT molecular complexity index is 374. The van der Waals surface area contributed by atoms with Gasteiger partial charge in [0, 0.05) is 18.4 Å². The fourth-order valence-corrected chi connectivity index (χ4v) is 1.59. The van der Waals surface area contributed by atoms with Crippen LogP contribution in [0.5, 0.6) is 0 Å². The average molecular weight is 300 g/mol. The first kappa shape index (κ1) is 19.4. The van der Waals surface area contributed by atoms with Gasteiger partial charge in [-0.2, -0.15) is 0 Å². The van der Waals surface area contributed by atoms with Crippen molar-refractivity contribution >= 4 is 17.8 Å². The summed E-state index contributed by atoms with van der Waals surface area (Å²) in [5.74, 6) is -0.955. The second kappa shape index (κ2) is 8.64. The maximum Gasteiger partial charge on any atom is 0.303 e. The first-order valence-corrected chi connectivity index (χ1v) is 7.34. The molecule has 0 aliphatic carbocycles. The minimum Gasteiger partial charge on any atom is -0.481 e. The summed E-state index contributed by atoms with van der Waals surface area (Å²) < 4.78 is 0. The molecule has 0 bridgehead atoms. The van der Waals surface area contributed by atoms with E-state index in [0.717, 1.165) is 6.42 Å². The molecule has 0 saturated carbocycles. The van der Waals surface area contributed by atoms with Crippen LogP contribution in [0.2, 0.25) is 0 Å². The molecule has 6 heteroatoms. The molecule has 0 fully saturated rings. The third kappa shape index (κ3) is 9.05. The van der Waals surface area contributed by atoms with Crippen molar-refractivity contribution in [3.05, 3.63) is 0 Å². The van der Waals surface area contributed by atoms with E-state index in [1.807, 2.05) is 6.92 Å². The molecular formula is C15H28N2O4. The first-order valence-electron chi connectivity index (χ1n) is 7.34. The van der Waals surface area contributed by atoms with Crippen molar-refractivity contribution in [3.8, 4) is 0 Å². The number of carbonyl (C=O) groups excluding carboxylic acids is 2. The highest BCUT2D eigenvalue weighted by molar-refractivity contribution is 5.89. The molecule has 0 aromatic heterocycles. The minimum atomic E-state index is -0.801. The van der Waals surface area contributed by atoms with Gasteiger partial charge in [0.25, 0.3) is 0 Å². The zero-order valence-corrected chi connectivity index (χ0v) is 13.7. The molecule has 0 spiro atoms. The van der Waals surface area contributed by atoms with Crippen LogP contribution in [0.25, 0.3) is 0 Å². The molecule has 2 amide bonds. The predicted molar refractivity (Wildman–Crippen MR) is 80.7 cm³/mol. The van der Waals surface area contributed by atoms with Gasteiger partial charge < -0.3 is 15.7 Å². The van der Waals surface area contributed by atoms with Crippen LogP contribution in [0.3, 0.4) is 0 Å². The van der Waals surface area contributed by atoms with Crippen LogP contribution in [0.4, 0.5) is 0 Å². The number of nitrogens with one attached hydrogen (secondary N) is 2. The lowest BCUT2D eigenvalue weighted by molar-refractivity contribution is -0.137.